The van der Waals surface area contributed by atoms with Crippen LogP contribution in [0.5, 0.6) is 0 Å². The Balaban J connectivity index is 3.24. The molecule has 0 unspecified atom stereocenters. The molecule has 0 aliphatic carbocycles. The average Bonchev–Trinajstić information content (AvgIpc) is 2.15. The van der Waals surface area contributed by atoms with Crippen LogP contribution in [0.2, 0.25) is 10.3 Å². The molecule has 5 heteroatoms. The first-order chi connectivity index (χ1) is 4.25. The van der Waals surface area contributed by atoms with Crippen LogP contribution in [0.4, 0.5) is 0 Å². The first-order valence-electron chi connectivity index (χ1n) is 2.04. The highest BCUT2D eigenvalue weighted by atomic mass is 35.5. The van der Waals surface area contributed by atoms with E-state index in [0.717, 1.165) is 4.57 Å². The molecule has 0 aliphatic heterocycles. The summed E-state index contributed by atoms with van der Waals surface area (Å²) in [6.07, 6.45) is 3.01. The Hall–Kier alpha value is -0.720. The number of hydrogen-bond acceptors (Lipinski definition) is 2. The summed E-state index contributed by atoms with van der Waals surface area (Å²) in [5.41, 5.74) is 0. The van der Waals surface area contributed by atoms with Gasteiger partial charge in [0.2, 0.25) is 0 Å². The highest BCUT2D eigenvalue weighted by Gasteiger charge is 2.02. The molecule has 0 aromatic carbocycles. The van der Waals surface area contributed by atoms with Gasteiger partial charge in [-0.25, -0.2) is 9.55 Å². The second kappa shape index (κ2) is 2.26. The number of nitrogens with zero attached hydrogens (tertiary/aromatic N) is 3. The minimum absolute atomic E-state index is 0.151. The van der Waals surface area contributed by atoms with Crippen molar-refractivity contribution < 1.29 is 0 Å². The maximum atomic E-state index is 8.26. The van der Waals surface area contributed by atoms with Crippen LogP contribution in [0.3, 0.4) is 0 Å². The van der Waals surface area contributed by atoms with E-state index in [2.05, 4.69) is 4.98 Å². The quantitative estimate of drug-likeness (QED) is 0.580. The highest BCUT2D eigenvalue weighted by Crippen LogP contribution is 2.17. The maximum absolute atomic E-state index is 8.26. The van der Waals surface area contributed by atoms with Crippen molar-refractivity contribution in [3.63, 3.8) is 0 Å². The normalized spacial score (nSPS) is 9.00. The Kier molecular flexibility index (Phi) is 1.60. The zero-order chi connectivity index (χ0) is 6.85. The lowest BCUT2D eigenvalue weighted by Gasteiger charge is -1.82. The smallest absolute Gasteiger partial charge is 0.191 e. The molecule has 0 amide bonds. The lowest BCUT2D eigenvalue weighted by atomic mass is 10.9. The van der Waals surface area contributed by atoms with Gasteiger partial charge in [-0.05, 0) is 0 Å². The Morgan fingerprint density at radius 1 is 1.67 bits per heavy atom. The molecule has 0 saturated carbocycles. The number of halogens is 2. The zero-order valence-corrected chi connectivity index (χ0v) is 5.69. The van der Waals surface area contributed by atoms with Crippen molar-refractivity contribution in [3.8, 4) is 6.19 Å². The fourth-order valence-corrected chi connectivity index (χ4v) is 0.646. The van der Waals surface area contributed by atoms with Gasteiger partial charge in [0.05, 0.1) is 0 Å². The monoisotopic (exact) mass is 161 g/mol. The third-order valence-corrected chi connectivity index (χ3v) is 1.51. The van der Waals surface area contributed by atoms with Gasteiger partial charge in [0.1, 0.15) is 6.33 Å². The molecule has 46 valence electrons. The van der Waals surface area contributed by atoms with Crippen LogP contribution >= 0.6 is 23.2 Å². The minimum Gasteiger partial charge on any atom is -0.223 e. The van der Waals surface area contributed by atoms with E-state index >= 15 is 0 Å². The van der Waals surface area contributed by atoms with Crippen LogP contribution in [0.25, 0.3) is 0 Å². The number of imidazole rings is 1. The first kappa shape index (κ1) is 6.40. The van der Waals surface area contributed by atoms with Crippen molar-refractivity contribution in [3.05, 3.63) is 16.6 Å². The van der Waals surface area contributed by atoms with Crippen molar-refractivity contribution in [2.24, 2.45) is 0 Å². The average molecular weight is 162 g/mol. The number of hydrogen-bond donors (Lipinski definition) is 0. The van der Waals surface area contributed by atoms with Gasteiger partial charge in [0, 0.05) is 0 Å². The maximum Gasteiger partial charge on any atom is 0.191 e. The minimum atomic E-state index is 0.151. The van der Waals surface area contributed by atoms with Gasteiger partial charge in [0.15, 0.2) is 16.5 Å². The van der Waals surface area contributed by atoms with Crippen LogP contribution in [-0.2, 0) is 0 Å². The van der Waals surface area contributed by atoms with E-state index in [1.54, 1.807) is 6.19 Å². The Labute approximate surface area is 61.4 Å². The van der Waals surface area contributed by atoms with E-state index in [9.17, 15) is 0 Å². The third kappa shape index (κ3) is 0.995. The summed E-state index contributed by atoms with van der Waals surface area (Å²) < 4.78 is 1.07. The summed E-state index contributed by atoms with van der Waals surface area (Å²) >= 11 is 10.8. The molecule has 0 bridgehead atoms. The third-order valence-electron chi connectivity index (χ3n) is 0.776. The number of rotatable bonds is 0. The van der Waals surface area contributed by atoms with Crippen LogP contribution in [0.15, 0.2) is 6.33 Å². The number of nitriles is 1. The molecule has 1 aromatic heterocycles. The molecule has 0 radical (unpaired) electrons. The van der Waals surface area contributed by atoms with Crippen molar-refractivity contribution in [2.45, 2.75) is 0 Å². The summed E-state index contributed by atoms with van der Waals surface area (Å²) in [6.45, 7) is 0. The molecule has 1 heterocycles. The van der Waals surface area contributed by atoms with Gasteiger partial charge in [-0.2, -0.15) is 5.26 Å². The largest absolute Gasteiger partial charge is 0.223 e. The molecule has 0 N–H and O–H groups in total. The highest BCUT2D eigenvalue weighted by molar-refractivity contribution is 6.40. The Bertz CT molecular complexity index is 259. The standard InChI is InChI=1S/C4HCl2N3/c5-3-4(6)9(1-7)2-8-3/h2H. The van der Waals surface area contributed by atoms with Crippen molar-refractivity contribution >= 4 is 23.2 Å². The second-order valence-corrected chi connectivity index (χ2v) is 2.01. The predicted molar refractivity (Wildman–Crippen MR) is 33.3 cm³/mol. The van der Waals surface area contributed by atoms with E-state index in [4.69, 9.17) is 28.5 Å². The van der Waals surface area contributed by atoms with Gasteiger partial charge < -0.3 is 0 Å². The Morgan fingerprint density at radius 3 is 2.56 bits per heavy atom. The van der Waals surface area contributed by atoms with Crippen molar-refractivity contribution in [1.82, 2.24) is 9.55 Å². The van der Waals surface area contributed by atoms with Crippen molar-refractivity contribution in [1.29, 1.82) is 5.26 Å². The lowest BCUT2D eigenvalue weighted by Crippen LogP contribution is -1.81. The van der Waals surface area contributed by atoms with E-state index in [1.165, 1.54) is 6.33 Å². The molecule has 9 heavy (non-hydrogen) atoms. The van der Waals surface area contributed by atoms with Gasteiger partial charge >= 0.3 is 0 Å². The summed E-state index contributed by atoms with van der Waals surface area (Å²) in [7, 11) is 0. The molecule has 0 atom stereocenters. The fourth-order valence-electron chi connectivity index (χ4n) is 0.381. The molecule has 3 nitrogen and oxygen atoms in total. The van der Waals surface area contributed by atoms with E-state index < -0.39 is 0 Å². The molecule has 0 spiro atoms. The summed E-state index contributed by atoms with van der Waals surface area (Å²) in [5, 5.41) is 8.56. The summed E-state index contributed by atoms with van der Waals surface area (Å²) in [5.74, 6) is 0. The van der Waals surface area contributed by atoms with Gasteiger partial charge in [-0.3, -0.25) is 0 Å². The Morgan fingerprint density at radius 2 is 2.33 bits per heavy atom. The lowest BCUT2D eigenvalue weighted by molar-refractivity contribution is 1.08. The summed E-state index contributed by atoms with van der Waals surface area (Å²) in [4.78, 5) is 3.56. The second-order valence-electron chi connectivity index (χ2n) is 1.30. The van der Waals surface area contributed by atoms with Crippen molar-refractivity contribution in [2.75, 3.05) is 0 Å². The predicted octanol–water partition coefficient (Wildman–Crippen LogP) is 1.52. The van der Waals surface area contributed by atoms with Crippen LogP contribution in [0.1, 0.15) is 0 Å². The molecular formula is C4HCl2N3. The number of aromatic nitrogens is 2. The molecular weight excluding hydrogens is 161 g/mol. The molecule has 1 aromatic rings. The SMILES string of the molecule is N#Cn1cnc(Cl)c1Cl. The molecule has 0 saturated heterocycles. The van der Waals surface area contributed by atoms with Crippen LogP contribution < -0.4 is 0 Å². The zero-order valence-electron chi connectivity index (χ0n) is 4.17. The van der Waals surface area contributed by atoms with E-state index in [1.807, 2.05) is 0 Å². The summed E-state index contributed by atoms with van der Waals surface area (Å²) in [6, 6.07) is 0. The molecule has 0 fully saturated rings. The molecule has 1 rings (SSSR count). The fraction of sp³-hybridized carbons (Fsp3) is 0. The van der Waals surface area contributed by atoms with Gasteiger partial charge in [-0.15, -0.1) is 0 Å². The van der Waals surface area contributed by atoms with Crippen LogP contribution in [-0.4, -0.2) is 9.55 Å². The van der Waals surface area contributed by atoms with Crippen LogP contribution in [0, 0.1) is 11.5 Å². The molecule has 0 aliphatic rings. The van der Waals surface area contributed by atoms with Gasteiger partial charge in [-0.1, -0.05) is 23.2 Å². The van der Waals surface area contributed by atoms with E-state index in [0.29, 0.717) is 0 Å². The van der Waals surface area contributed by atoms with E-state index in [-0.39, 0.29) is 10.3 Å². The first-order valence-corrected chi connectivity index (χ1v) is 2.79. The van der Waals surface area contributed by atoms with Gasteiger partial charge in [0.25, 0.3) is 0 Å². The topological polar surface area (TPSA) is 41.6 Å².